The summed E-state index contributed by atoms with van der Waals surface area (Å²) in [6.07, 6.45) is 11.6. The second-order valence-electron chi connectivity index (χ2n) is 13.8. The van der Waals surface area contributed by atoms with Crippen LogP contribution in [-0.4, -0.2) is 93.2 Å². The fraction of sp³-hybridized carbons (Fsp3) is 0.771. The number of unbranched alkanes of at least 4 members (excludes halogenated alkanes) is 9. The lowest BCUT2D eigenvalue weighted by Gasteiger charge is -2.33. The molecule has 1 aromatic carbocycles. The third-order valence-electron chi connectivity index (χ3n) is 9.16. The normalized spacial score (nSPS) is 25.5. The third kappa shape index (κ3) is 11.4. The number of likely N-dealkylation sites (tertiary alicyclic amines) is 1. The number of carboxylic acids is 1. The highest BCUT2D eigenvalue weighted by molar-refractivity contribution is 7.90. The molecule has 0 aromatic heterocycles. The summed E-state index contributed by atoms with van der Waals surface area (Å²) in [5, 5.41) is 8.99. The molecule has 0 saturated carbocycles. The maximum absolute atomic E-state index is 13.2. The largest absolute Gasteiger partial charge is 0.481 e. The molecule has 13 heteroatoms. The number of ether oxygens (including phenoxy) is 5. The van der Waals surface area contributed by atoms with Gasteiger partial charge in [0, 0.05) is 13.2 Å². The van der Waals surface area contributed by atoms with Gasteiger partial charge >= 0.3 is 12.1 Å². The summed E-state index contributed by atoms with van der Waals surface area (Å²) in [5.41, 5.74) is 0.431. The molecule has 4 atom stereocenters. The number of fused-ring (bicyclic) bond motifs is 1. The Kier molecular flexibility index (Phi) is 14.5. The molecule has 3 aliphatic rings. The minimum Gasteiger partial charge on any atom is -0.481 e. The minimum atomic E-state index is -4.31. The Hall–Kier alpha value is -2.29. The molecule has 3 heterocycles. The first-order valence-electron chi connectivity index (χ1n) is 17.8. The van der Waals surface area contributed by atoms with Gasteiger partial charge in [-0.3, -0.25) is 4.79 Å². The summed E-state index contributed by atoms with van der Waals surface area (Å²) < 4.78 is 59.2. The number of hydrogen-bond donors (Lipinski definition) is 2. The Morgan fingerprint density at radius 2 is 1.56 bits per heavy atom. The molecule has 3 saturated heterocycles. The van der Waals surface area contributed by atoms with Crippen molar-refractivity contribution in [2.75, 3.05) is 32.8 Å². The van der Waals surface area contributed by atoms with Crippen LogP contribution in [0.5, 0.6) is 0 Å². The quantitative estimate of drug-likeness (QED) is 0.160. The van der Waals surface area contributed by atoms with E-state index in [1.807, 2.05) is 4.72 Å². The molecule has 2 N–H and O–H groups in total. The first-order chi connectivity index (χ1) is 22.9. The van der Waals surface area contributed by atoms with Crippen molar-refractivity contribution in [1.82, 2.24) is 9.62 Å². The van der Waals surface area contributed by atoms with E-state index in [9.17, 15) is 18.0 Å². The van der Waals surface area contributed by atoms with E-state index in [0.29, 0.717) is 18.7 Å². The predicted molar refractivity (Wildman–Crippen MR) is 179 cm³/mol. The lowest BCUT2D eigenvalue weighted by atomic mass is 10.0. The molecule has 12 nitrogen and oxygen atoms in total. The number of hydrogen-bond acceptors (Lipinski definition) is 10. The summed E-state index contributed by atoms with van der Waals surface area (Å²) in [4.78, 5) is 26.2. The van der Waals surface area contributed by atoms with Crippen LogP contribution in [0.15, 0.2) is 29.2 Å². The van der Waals surface area contributed by atoms with Crippen LogP contribution in [0.2, 0.25) is 0 Å². The molecule has 0 aliphatic carbocycles. The van der Waals surface area contributed by atoms with Crippen LogP contribution in [0.1, 0.15) is 110 Å². The van der Waals surface area contributed by atoms with Gasteiger partial charge in [-0.15, -0.1) is 0 Å². The molecule has 0 radical (unpaired) electrons. The van der Waals surface area contributed by atoms with E-state index in [0.717, 1.165) is 45.2 Å². The molecule has 1 amide bonds. The van der Waals surface area contributed by atoms with Gasteiger partial charge in [0.25, 0.3) is 10.0 Å². The average Bonchev–Trinajstić information content (AvgIpc) is 3.43. The smallest absolute Gasteiger partial charge is 0.421 e. The number of carbonyl (C=O) groups excluding carboxylic acids is 1. The van der Waals surface area contributed by atoms with Gasteiger partial charge in [0.2, 0.25) is 5.79 Å². The molecule has 0 spiro atoms. The molecule has 272 valence electrons. The average molecular weight is 697 g/mol. The summed E-state index contributed by atoms with van der Waals surface area (Å²) >= 11 is 0. The fourth-order valence-electron chi connectivity index (χ4n) is 6.82. The minimum absolute atomic E-state index is 0.0808. The van der Waals surface area contributed by atoms with Crippen LogP contribution in [0.3, 0.4) is 0 Å². The SMILES string of the molecule is CCCCCCCCCCCCOC[C@@]12O[C@@H](CN3CCCCC3)[C@@H](OC(=O)NS(=O)(=O)c3ccc(CC(=O)O)cc3)[C@@H]1OC(C)(C)O2. The second kappa shape index (κ2) is 18.1. The van der Waals surface area contributed by atoms with E-state index in [1.165, 1.54) is 75.6 Å². The number of piperidine rings is 1. The van der Waals surface area contributed by atoms with Crippen molar-refractivity contribution in [3.63, 3.8) is 0 Å². The first kappa shape index (κ1) is 38.5. The lowest BCUT2D eigenvalue weighted by molar-refractivity contribution is -0.279. The van der Waals surface area contributed by atoms with E-state index in [4.69, 9.17) is 28.8 Å². The zero-order valence-electron chi connectivity index (χ0n) is 29.0. The predicted octanol–water partition coefficient (Wildman–Crippen LogP) is 5.77. The number of carboxylic acid groups (broad SMARTS) is 1. The van der Waals surface area contributed by atoms with Crippen LogP contribution in [0.4, 0.5) is 4.79 Å². The molecular weight excluding hydrogens is 640 g/mol. The van der Waals surface area contributed by atoms with Crippen molar-refractivity contribution in [1.29, 1.82) is 0 Å². The zero-order valence-corrected chi connectivity index (χ0v) is 29.8. The Bertz CT molecular complexity index is 1270. The Labute approximate surface area is 286 Å². The highest BCUT2D eigenvalue weighted by Gasteiger charge is 2.66. The van der Waals surface area contributed by atoms with Crippen LogP contribution >= 0.6 is 0 Å². The van der Waals surface area contributed by atoms with Gasteiger partial charge in [-0.1, -0.05) is 83.3 Å². The molecule has 0 bridgehead atoms. The molecule has 4 rings (SSSR count). The summed E-state index contributed by atoms with van der Waals surface area (Å²) in [5.74, 6) is -3.42. The lowest BCUT2D eigenvalue weighted by Crippen LogP contribution is -2.48. The van der Waals surface area contributed by atoms with Gasteiger partial charge in [-0.05, 0) is 63.9 Å². The Morgan fingerprint density at radius 3 is 2.19 bits per heavy atom. The summed E-state index contributed by atoms with van der Waals surface area (Å²) in [7, 11) is -4.31. The standard InChI is InChI=1S/C35H56N2O10S/c1-4-5-6-7-8-9-10-11-12-16-23-43-26-35-32(46-34(2,3)47-35)31(29(45-35)25-37-21-14-13-15-22-37)44-33(40)36-48(41,42)28-19-17-27(18-20-28)24-30(38)39/h17-20,29,31-32H,4-16,21-26H2,1-3H3,(H,36,40)(H,38,39)/t29-,31+,32-,35-/m0/s1. The Balaban J connectivity index is 1.36. The van der Waals surface area contributed by atoms with Gasteiger partial charge in [-0.25, -0.2) is 17.9 Å². The van der Waals surface area contributed by atoms with Crippen molar-refractivity contribution in [3.05, 3.63) is 29.8 Å². The molecule has 1 aromatic rings. The van der Waals surface area contributed by atoms with Gasteiger partial charge in [0.05, 0.1) is 11.3 Å². The molecule has 48 heavy (non-hydrogen) atoms. The van der Waals surface area contributed by atoms with E-state index < -0.39 is 52.0 Å². The number of aliphatic carboxylic acids is 1. The van der Waals surface area contributed by atoms with Crippen LogP contribution in [0.25, 0.3) is 0 Å². The maximum atomic E-state index is 13.2. The molecule has 3 aliphatic heterocycles. The fourth-order valence-corrected chi connectivity index (χ4v) is 7.70. The highest BCUT2D eigenvalue weighted by Crippen LogP contribution is 2.47. The van der Waals surface area contributed by atoms with Crippen molar-refractivity contribution in [2.45, 2.75) is 145 Å². The van der Waals surface area contributed by atoms with Crippen LogP contribution in [0, 0.1) is 0 Å². The van der Waals surface area contributed by atoms with E-state index in [-0.39, 0.29) is 17.9 Å². The Morgan fingerprint density at radius 1 is 0.938 bits per heavy atom. The van der Waals surface area contributed by atoms with Crippen molar-refractivity contribution in [2.24, 2.45) is 0 Å². The number of carbonyl (C=O) groups is 2. The van der Waals surface area contributed by atoms with Crippen molar-refractivity contribution >= 4 is 22.1 Å². The van der Waals surface area contributed by atoms with Gasteiger partial charge in [0.1, 0.15) is 12.7 Å². The zero-order chi connectivity index (χ0) is 34.6. The third-order valence-corrected chi connectivity index (χ3v) is 10.5. The summed E-state index contributed by atoms with van der Waals surface area (Å²) in [6.45, 7) is 8.58. The topological polar surface area (TPSA) is 150 Å². The number of benzene rings is 1. The number of rotatable bonds is 20. The van der Waals surface area contributed by atoms with E-state index >= 15 is 0 Å². The number of nitrogens with one attached hydrogen (secondary N) is 1. The van der Waals surface area contributed by atoms with Crippen molar-refractivity contribution in [3.8, 4) is 0 Å². The molecule has 3 fully saturated rings. The van der Waals surface area contributed by atoms with Gasteiger partial charge < -0.3 is 33.7 Å². The highest BCUT2D eigenvalue weighted by atomic mass is 32.2. The molecular formula is C35H56N2O10S. The number of amides is 1. The second-order valence-corrected chi connectivity index (χ2v) is 15.5. The van der Waals surface area contributed by atoms with Gasteiger partial charge in [0.15, 0.2) is 18.0 Å². The van der Waals surface area contributed by atoms with E-state index in [2.05, 4.69) is 11.8 Å². The monoisotopic (exact) mass is 696 g/mol. The summed E-state index contributed by atoms with van der Waals surface area (Å²) in [6, 6.07) is 5.28. The van der Waals surface area contributed by atoms with Gasteiger partial charge in [-0.2, -0.15) is 0 Å². The number of sulfonamides is 1. The van der Waals surface area contributed by atoms with Crippen LogP contribution < -0.4 is 4.72 Å². The van der Waals surface area contributed by atoms with Crippen LogP contribution in [-0.2, 0) is 44.9 Å². The van der Waals surface area contributed by atoms with Crippen molar-refractivity contribution < 1.29 is 46.8 Å². The molecule has 0 unspecified atom stereocenters. The first-order valence-corrected chi connectivity index (χ1v) is 19.3. The number of nitrogens with zero attached hydrogens (tertiary/aromatic N) is 1. The maximum Gasteiger partial charge on any atom is 0.421 e. The van der Waals surface area contributed by atoms with E-state index in [1.54, 1.807) is 13.8 Å².